The van der Waals surface area contributed by atoms with E-state index < -0.39 is 0 Å². The number of nitrogens with zero attached hydrogens (tertiary/aromatic N) is 1. The maximum absolute atomic E-state index is 12.7. The van der Waals surface area contributed by atoms with Crippen LogP contribution in [0.2, 0.25) is 0 Å². The van der Waals surface area contributed by atoms with E-state index in [9.17, 15) is 14.4 Å². The van der Waals surface area contributed by atoms with Gasteiger partial charge in [-0.2, -0.15) is 0 Å². The SMILES string of the molecule is CCCCNC(=O)c1ccc2c(c1)CC(=O)CC(C)N2C(=O)C1CC1. The zero-order valence-electron chi connectivity index (χ0n) is 15.0. The molecule has 0 bridgehead atoms. The predicted molar refractivity (Wildman–Crippen MR) is 96.7 cm³/mol. The quantitative estimate of drug-likeness (QED) is 0.837. The van der Waals surface area contributed by atoms with E-state index in [1.165, 1.54) is 0 Å². The Morgan fingerprint density at radius 3 is 2.72 bits per heavy atom. The molecule has 2 amide bonds. The number of hydrogen-bond acceptors (Lipinski definition) is 3. The maximum atomic E-state index is 12.7. The molecule has 1 fully saturated rings. The minimum Gasteiger partial charge on any atom is -0.352 e. The van der Waals surface area contributed by atoms with Gasteiger partial charge in [0.25, 0.3) is 5.91 Å². The standard InChI is InChI=1S/C20H26N2O3/c1-3-4-9-21-19(24)15-7-8-18-16(11-15)12-17(23)10-13(2)22(18)20(25)14-5-6-14/h7-8,11,13-14H,3-6,9-10,12H2,1-2H3,(H,21,24). The number of nitrogens with one attached hydrogen (secondary N) is 1. The topological polar surface area (TPSA) is 66.5 Å². The molecule has 134 valence electrons. The number of anilines is 1. The van der Waals surface area contributed by atoms with Gasteiger partial charge in [0.15, 0.2) is 0 Å². The number of amides is 2. The van der Waals surface area contributed by atoms with E-state index in [0.29, 0.717) is 18.5 Å². The summed E-state index contributed by atoms with van der Waals surface area (Å²) < 4.78 is 0. The second kappa shape index (κ2) is 7.38. The minimum absolute atomic E-state index is 0.0977. The smallest absolute Gasteiger partial charge is 0.251 e. The zero-order valence-corrected chi connectivity index (χ0v) is 15.0. The van der Waals surface area contributed by atoms with E-state index >= 15 is 0 Å². The molecule has 25 heavy (non-hydrogen) atoms. The fourth-order valence-electron chi connectivity index (χ4n) is 3.39. The van der Waals surface area contributed by atoms with Crippen molar-refractivity contribution in [1.82, 2.24) is 5.32 Å². The Balaban J connectivity index is 1.89. The number of benzene rings is 1. The number of carbonyl (C=O) groups excluding carboxylic acids is 3. The summed E-state index contributed by atoms with van der Waals surface area (Å²) in [5, 5.41) is 2.90. The molecule has 1 atom stereocenters. The highest BCUT2D eigenvalue weighted by atomic mass is 16.2. The second-order valence-corrected chi connectivity index (χ2v) is 7.20. The molecule has 5 heteroatoms. The molecule has 1 N–H and O–H groups in total. The number of rotatable bonds is 5. The molecule has 0 radical (unpaired) electrons. The molecule has 1 aliphatic carbocycles. The molecule has 0 aromatic heterocycles. The van der Waals surface area contributed by atoms with Gasteiger partial charge in [0.1, 0.15) is 5.78 Å². The van der Waals surface area contributed by atoms with Crippen LogP contribution in [0.3, 0.4) is 0 Å². The monoisotopic (exact) mass is 342 g/mol. The molecule has 5 nitrogen and oxygen atoms in total. The summed E-state index contributed by atoms with van der Waals surface area (Å²) in [4.78, 5) is 39.1. The van der Waals surface area contributed by atoms with Crippen molar-refractivity contribution in [1.29, 1.82) is 0 Å². The summed E-state index contributed by atoms with van der Waals surface area (Å²) >= 11 is 0. The van der Waals surface area contributed by atoms with Crippen LogP contribution < -0.4 is 10.2 Å². The average molecular weight is 342 g/mol. The van der Waals surface area contributed by atoms with Crippen molar-refractivity contribution in [3.05, 3.63) is 29.3 Å². The first-order valence-electron chi connectivity index (χ1n) is 9.27. The lowest BCUT2D eigenvalue weighted by atomic mass is 10.0. The van der Waals surface area contributed by atoms with Crippen molar-refractivity contribution >= 4 is 23.3 Å². The third-order valence-electron chi connectivity index (χ3n) is 4.93. The molecule has 1 heterocycles. The van der Waals surface area contributed by atoms with Crippen molar-refractivity contribution in [2.24, 2.45) is 5.92 Å². The lowest BCUT2D eigenvalue weighted by molar-refractivity contribution is -0.120. The third-order valence-corrected chi connectivity index (χ3v) is 4.93. The van der Waals surface area contributed by atoms with Gasteiger partial charge < -0.3 is 10.2 Å². The molecule has 2 aliphatic rings. The summed E-state index contributed by atoms with van der Waals surface area (Å²) in [5.74, 6) is 0.202. The molecule has 0 saturated heterocycles. The normalized spacial score (nSPS) is 20.0. The van der Waals surface area contributed by atoms with Gasteiger partial charge in [-0.1, -0.05) is 13.3 Å². The van der Waals surface area contributed by atoms with E-state index in [4.69, 9.17) is 0 Å². The molecular formula is C20H26N2O3. The fraction of sp³-hybridized carbons (Fsp3) is 0.550. The Hall–Kier alpha value is -2.17. The first-order chi connectivity index (χ1) is 12.0. The first kappa shape index (κ1) is 17.6. The van der Waals surface area contributed by atoms with Gasteiger partial charge in [0.05, 0.1) is 0 Å². The van der Waals surface area contributed by atoms with Crippen LogP contribution in [-0.4, -0.2) is 30.2 Å². The van der Waals surface area contributed by atoms with E-state index in [-0.39, 0.29) is 36.0 Å². The van der Waals surface area contributed by atoms with Gasteiger partial charge in [-0.05, 0) is 49.9 Å². The molecule has 0 spiro atoms. The molecule has 3 rings (SSSR count). The van der Waals surface area contributed by atoms with Crippen LogP contribution in [0.1, 0.15) is 61.9 Å². The Kier molecular flexibility index (Phi) is 5.21. The van der Waals surface area contributed by atoms with Crippen LogP contribution in [0.4, 0.5) is 5.69 Å². The lowest BCUT2D eigenvalue weighted by Crippen LogP contribution is -2.40. The summed E-state index contributed by atoms with van der Waals surface area (Å²) in [6.45, 7) is 4.65. The Morgan fingerprint density at radius 1 is 1.28 bits per heavy atom. The maximum Gasteiger partial charge on any atom is 0.251 e. The Labute approximate surface area is 148 Å². The first-order valence-corrected chi connectivity index (χ1v) is 9.27. The molecule has 1 aliphatic heterocycles. The Bertz CT molecular complexity index is 694. The highest BCUT2D eigenvalue weighted by Gasteiger charge is 2.38. The largest absolute Gasteiger partial charge is 0.352 e. The van der Waals surface area contributed by atoms with Gasteiger partial charge in [0.2, 0.25) is 5.91 Å². The molecule has 1 unspecified atom stereocenters. The molecule has 1 aromatic rings. The second-order valence-electron chi connectivity index (χ2n) is 7.20. The highest BCUT2D eigenvalue weighted by Crippen LogP contribution is 2.37. The van der Waals surface area contributed by atoms with Gasteiger partial charge in [-0.15, -0.1) is 0 Å². The van der Waals surface area contributed by atoms with Crippen LogP contribution in [0.25, 0.3) is 0 Å². The van der Waals surface area contributed by atoms with Crippen molar-refractivity contribution in [2.45, 2.75) is 58.4 Å². The zero-order chi connectivity index (χ0) is 18.0. The summed E-state index contributed by atoms with van der Waals surface area (Å²) in [6.07, 6.45) is 4.48. The van der Waals surface area contributed by atoms with Crippen LogP contribution in [0.5, 0.6) is 0 Å². The van der Waals surface area contributed by atoms with Crippen LogP contribution in [0, 0.1) is 5.92 Å². The van der Waals surface area contributed by atoms with E-state index in [0.717, 1.165) is 36.9 Å². The lowest BCUT2D eigenvalue weighted by Gasteiger charge is -2.28. The summed E-state index contributed by atoms with van der Waals surface area (Å²) in [7, 11) is 0. The minimum atomic E-state index is -0.133. The van der Waals surface area contributed by atoms with Gasteiger partial charge in [-0.25, -0.2) is 0 Å². The predicted octanol–water partition coefficient (Wildman–Crippen LogP) is 2.86. The fourth-order valence-corrected chi connectivity index (χ4v) is 3.39. The van der Waals surface area contributed by atoms with Crippen LogP contribution in [0.15, 0.2) is 18.2 Å². The van der Waals surface area contributed by atoms with Crippen LogP contribution in [-0.2, 0) is 16.0 Å². The number of Topliss-reactive ketones (excluding diaryl/α,β-unsaturated/α-hetero) is 1. The number of ketones is 1. The number of unbranched alkanes of at least 4 members (excludes halogenated alkanes) is 1. The average Bonchev–Trinajstić information content (AvgIpc) is 3.41. The van der Waals surface area contributed by atoms with E-state index in [2.05, 4.69) is 12.2 Å². The van der Waals surface area contributed by atoms with Crippen molar-refractivity contribution in [3.8, 4) is 0 Å². The number of hydrogen-bond donors (Lipinski definition) is 1. The summed E-state index contributed by atoms with van der Waals surface area (Å²) in [6, 6.07) is 5.24. The van der Waals surface area contributed by atoms with E-state index in [1.54, 1.807) is 17.0 Å². The summed E-state index contributed by atoms with van der Waals surface area (Å²) in [5.41, 5.74) is 2.13. The number of carbonyl (C=O) groups is 3. The highest BCUT2D eigenvalue weighted by molar-refractivity contribution is 6.02. The van der Waals surface area contributed by atoms with Crippen LogP contribution >= 0.6 is 0 Å². The Morgan fingerprint density at radius 2 is 2.04 bits per heavy atom. The third kappa shape index (κ3) is 3.91. The molecule has 1 aromatic carbocycles. The van der Waals surface area contributed by atoms with E-state index in [1.807, 2.05) is 13.0 Å². The van der Waals surface area contributed by atoms with Crippen molar-refractivity contribution < 1.29 is 14.4 Å². The van der Waals surface area contributed by atoms with Gasteiger partial charge in [0, 0.05) is 42.6 Å². The molecular weight excluding hydrogens is 316 g/mol. The van der Waals surface area contributed by atoms with Crippen molar-refractivity contribution in [2.75, 3.05) is 11.4 Å². The number of fused-ring (bicyclic) bond motifs is 1. The van der Waals surface area contributed by atoms with Gasteiger partial charge >= 0.3 is 0 Å². The molecule has 1 saturated carbocycles. The van der Waals surface area contributed by atoms with Gasteiger partial charge in [-0.3, -0.25) is 14.4 Å². The van der Waals surface area contributed by atoms with Crippen molar-refractivity contribution in [3.63, 3.8) is 0 Å².